The fourth-order valence-electron chi connectivity index (χ4n) is 2.39. The van der Waals surface area contributed by atoms with Crippen molar-refractivity contribution in [2.75, 3.05) is 18.1 Å². The fourth-order valence-corrected chi connectivity index (χ4v) is 3.58. The third-order valence-electron chi connectivity index (χ3n) is 3.79. The molecule has 1 aliphatic rings. The molecular weight excluding hydrogens is 314 g/mol. The second-order valence-corrected chi connectivity index (χ2v) is 7.41. The largest absolute Gasteiger partial charge is 0.493 e. The van der Waals surface area contributed by atoms with Gasteiger partial charge in [0.15, 0.2) is 0 Å². The quantitative estimate of drug-likeness (QED) is 0.835. The molecule has 6 heteroatoms. The number of hydrogen-bond acceptors (Lipinski definition) is 4. The van der Waals surface area contributed by atoms with Crippen LogP contribution in [0.25, 0.3) is 0 Å². The Hall–Kier alpha value is -1.69. The molecule has 1 heterocycles. The van der Waals surface area contributed by atoms with Crippen molar-refractivity contribution in [2.45, 2.75) is 32.2 Å². The van der Waals surface area contributed by atoms with E-state index < -0.39 is 11.5 Å². The molecule has 2 rings (SSSR count). The molecule has 0 spiro atoms. The third kappa shape index (κ3) is 4.64. The molecule has 1 fully saturated rings. The Labute approximate surface area is 140 Å². The van der Waals surface area contributed by atoms with Crippen LogP contribution in [0, 0.1) is 5.92 Å². The number of benzene rings is 1. The Kier molecular flexibility index (Phi) is 5.93. The summed E-state index contributed by atoms with van der Waals surface area (Å²) in [6.45, 7) is 4.67. The summed E-state index contributed by atoms with van der Waals surface area (Å²) in [7, 11) is 0. The van der Waals surface area contributed by atoms with Gasteiger partial charge in [-0.15, -0.1) is 0 Å². The zero-order valence-electron chi connectivity index (χ0n) is 13.5. The molecule has 1 aliphatic heterocycles. The number of carbonyl (C=O) groups excluding carboxylic acids is 1. The number of amides is 1. The highest BCUT2D eigenvalue weighted by molar-refractivity contribution is 7.99. The Bertz CT molecular complexity index is 567. The van der Waals surface area contributed by atoms with Crippen molar-refractivity contribution in [3.05, 3.63) is 29.8 Å². The number of hydrogen-bond donors (Lipinski definition) is 2. The number of ether oxygens (including phenoxy) is 1. The molecule has 23 heavy (non-hydrogen) atoms. The highest BCUT2D eigenvalue weighted by Gasteiger charge is 2.41. The van der Waals surface area contributed by atoms with E-state index in [0.717, 1.165) is 11.5 Å². The number of rotatable bonds is 6. The van der Waals surface area contributed by atoms with Crippen molar-refractivity contribution in [1.82, 2.24) is 5.32 Å². The first-order chi connectivity index (χ1) is 10.9. The average Bonchev–Trinajstić information content (AvgIpc) is 2.54. The van der Waals surface area contributed by atoms with Crippen molar-refractivity contribution in [2.24, 2.45) is 5.92 Å². The van der Waals surface area contributed by atoms with E-state index in [2.05, 4.69) is 5.32 Å². The van der Waals surface area contributed by atoms with E-state index in [1.807, 2.05) is 13.8 Å². The van der Waals surface area contributed by atoms with Crippen LogP contribution in [0.5, 0.6) is 5.75 Å². The van der Waals surface area contributed by atoms with E-state index in [-0.39, 0.29) is 5.91 Å². The molecule has 2 N–H and O–H groups in total. The van der Waals surface area contributed by atoms with Gasteiger partial charge in [0.05, 0.1) is 6.61 Å². The zero-order valence-corrected chi connectivity index (χ0v) is 14.3. The van der Waals surface area contributed by atoms with Crippen LogP contribution in [-0.2, 0) is 4.79 Å². The van der Waals surface area contributed by atoms with Gasteiger partial charge in [0.25, 0.3) is 5.91 Å². The lowest BCUT2D eigenvalue weighted by Crippen LogP contribution is -2.56. The molecular formula is C17H23NO4S. The maximum atomic E-state index is 12.5. The first-order valence-corrected chi connectivity index (χ1v) is 8.95. The normalized spacial score (nSPS) is 16.8. The summed E-state index contributed by atoms with van der Waals surface area (Å²) in [5.74, 6) is 1.17. The van der Waals surface area contributed by atoms with E-state index >= 15 is 0 Å². The van der Waals surface area contributed by atoms with Crippen molar-refractivity contribution in [3.63, 3.8) is 0 Å². The first kappa shape index (κ1) is 17.7. The summed E-state index contributed by atoms with van der Waals surface area (Å²) < 4.78 is 5.62. The van der Waals surface area contributed by atoms with Gasteiger partial charge in [0, 0.05) is 5.56 Å². The van der Waals surface area contributed by atoms with Crippen LogP contribution in [-0.4, -0.2) is 40.6 Å². The molecule has 1 aromatic carbocycles. The van der Waals surface area contributed by atoms with Gasteiger partial charge in [-0.05, 0) is 48.5 Å². The molecule has 0 aliphatic carbocycles. The standard InChI is InChI=1S/C17H23NO4S/c1-12(2)11-22-14-5-3-4-13(10-14)15(19)18-17(16(20)21)6-8-23-9-7-17/h3-5,10,12H,6-9,11H2,1-2H3,(H,18,19)(H,20,21). The highest BCUT2D eigenvalue weighted by Crippen LogP contribution is 2.28. The number of carboxylic acids is 1. The molecule has 0 bridgehead atoms. The minimum Gasteiger partial charge on any atom is -0.493 e. The first-order valence-electron chi connectivity index (χ1n) is 7.79. The molecule has 0 unspecified atom stereocenters. The van der Waals surface area contributed by atoms with Crippen molar-refractivity contribution in [1.29, 1.82) is 0 Å². The lowest BCUT2D eigenvalue weighted by molar-refractivity contribution is -0.144. The van der Waals surface area contributed by atoms with Gasteiger partial charge in [-0.3, -0.25) is 4.79 Å². The van der Waals surface area contributed by atoms with E-state index in [0.29, 0.717) is 36.7 Å². The van der Waals surface area contributed by atoms with Crippen LogP contribution in [0.2, 0.25) is 0 Å². The van der Waals surface area contributed by atoms with Crippen LogP contribution >= 0.6 is 11.8 Å². The SMILES string of the molecule is CC(C)COc1cccc(C(=O)NC2(C(=O)O)CCSCC2)c1. The third-order valence-corrected chi connectivity index (χ3v) is 4.77. The topological polar surface area (TPSA) is 75.6 Å². The Morgan fingerprint density at radius 3 is 2.65 bits per heavy atom. The van der Waals surface area contributed by atoms with Gasteiger partial charge in [-0.25, -0.2) is 4.79 Å². The summed E-state index contributed by atoms with van der Waals surface area (Å²) in [5, 5.41) is 12.3. The van der Waals surface area contributed by atoms with Crippen molar-refractivity contribution in [3.8, 4) is 5.75 Å². The summed E-state index contributed by atoms with van der Waals surface area (Å²) in [6.07, 6.45) is 0.893. The summed E-state index contributed by atoms with van der Waals surface area (Å²) >= 11 is 1.71. The molecule has 0 radical (unpaired) electrons. The van der Waals surface area contributed by atoms with Gasteiger partial charge in [-0.1, -0.05) is 19.9 Å². The molecule has 0 saturated carbocycles. The van der Waals surface area contributed by atoms with Gasteiger partial charge < -0.3 is 15.2 Å². The predicted molar refractivity (Wildman–Crippen MR) is 91.2 cm³/mol. The number of thioether (sulfide) groups is 1. The molecule has 0 aromatic heterocycles. The minimum absolute atomic E-state index is 0.366. The van der Waals surface area contributed by atoms with E-state index in [1.165, 1.54) is 0 Å². The maximum Gasteiger partial charge on any atom is 0.329 e. The smallest absolute Gasteiger partial charge is 0.329 e. The zero-order chi connectivity index (χ0) is 16.9. The Balaban J connectivity index is 2.10. The van der Waals surface area contributed by atoms with E-state index in [4.69, 9.17) is 4.74 Å². The maximum absolute atomic E-state index is 12.5. The van der Waals surface area contributed by atoms with Crippen LogP contribution in [0.15, 0.2) is 24.3 Å². The highest BCUT2D eigenvalue weighted by atomic mass is 32.2. The van der Waals surface area contributed by atoms with Gasteiger partial charge in [-0.2, -0.15) is 11.8 Å². The predicted octanol–water partition coefficient (Wildman–Crippen LogP) is 2.80. The summed E-state index contributed by atoms with van der Waals surface area (Å²) in [6, 6.07) is 6.87. The van der Waals surface area contributed by atoms with Gasteiger partial charge >= 0.3 is 5.97 Å². The average molecular weight is 337 g/mol. The Morgan fingerprint density at radius 2 is 2.04 bits per heavy atom. The number of carboxylic acid groups (broad SMARTS) is 1. The molecule has 1 aromatic rings. The number of nitrogens with one attached hydrogen (secondary N) is 1. The molecule has 1 saturated heterocycles. The lowest BCUT2D eigenvalue weighted by atomic mass is 9.92. The fraction of sp³-hybridized carbons (Fsp3) is 0.529. The number of carbonyl (C=O) groups is 2. The Morgan fingerprint density at radius 1 is 1.35 bits per heavy atom. The second kappa shape index (κ2) is 7.73. The van der Waals surface area contributed by atoms with Crippen LogP contribution in [0.3, 0.4) is 0 Å². The van der Waals surface area contributed by atoms with Crippen molar-refractivity contribution < 1.29 is 19.4 Å². The van der Waals surface area contributed by atoms with Crippen LogP contribution < -0.4 is 10.1 Å². The second-order valence-electron chi connectivity index (χ2n) is 6.19. The van der Waals surface area contributed by atoms with E-state index in [1.54, 1.807) is 36.0 Å². The molecule has 126 valence electrons. The van der Waals surface area contributed by atoms with Crippen molar-refractivity contribution >= 4 is 23.6 Å². The summed E-state index contributed by atoms with van der Waals surface area (Å²) in [4.78, 5) is 24.1. The van der Waals surface area contributed by atoms with E-state index in [9.17, 15) is 14.7 Å². The number of aliphatic carboxylic acids is 1. The van der Waals surface area contributed by atoms with Gasteiger partial charge in [0.1, 0.15) is 11.3 Å². The van der Waals surface area contributed by atoms with Gasteiger partial charge in [0.2, 0.25) is 0 Å². The lowest BCUT2D eigenvalue weighted by Gasteiger charge is -2.33. The van der Waals surface area contributed by atoms with Crippen LogP contribution in [0.1, 0.15) is 37.0 Å². The molecule has 0 atom stereocenters. The summed E-state index contributed by atoms with van der Waals surface area (Å²) in [5.41, 5.74) is -0.734. The molecule has 5 nitrogen and oxygen atoms in total. The van der Waals surface area contributed by atoms with Crippen LogP contribution in [0.4, 0.5) is 0 Å². The monoisotopic (exact) mass is 337 g/mol. The minimum atomic E-state index is -1.16. The molecule has 1 amide bonds.